The molecule has 4 heterocycles. The number of amides is 4. The van der Waals surface area contributed by atoms with Gasteiger partial charge < -0.3 is 34.9 Å². The summed E-state index contributed by atoms with van der Waals surface area (Å²) in [5.41, 5.74) is 10.6. The van der Waals surface area contributed by atoms with Crippen LogP contribution in [0.1, 0.15) is 66.3 Å². The number of fused-ring (bicyclic) bond motifs is 5. The van der Waals surface area contributed by atoms with E-state index in [0.29, 0.717) is 23.8 Å². The smallest absolute Gasteiger partial charge is 0.407 e. The second-order valence-corrected chi connectivity index (χ2v) is 18.8. The summed E-state index contributed by atoms with van der Waals surface area (Å²) in [4.78, 5) is 71.0. The molecule has 68 heavy (non-hydrogen) atoms. The van der Waals surface area contributed by atoms with E-state index in [1.54, 1.807) is 0 Å². The number of ether oxygens (including phenoxy) is 2. The van der Waals surface area contributed by atoms with Gasteiger partial charge in [0.25, 0.3) is 11.8 Å². The van der Waals surface area contributed by atoms with Gasteiger partial charge in [0.2, 0.25) is 0 Å². The predicted molar refractivity (Wildman–Crippen MR) is 258 cm³/mol. The summed E-state index contributed by atoms with van der Waals surface area (Å²) in [5.74, 6) is 1.29. The zero-order chi connectivity index (χ0) is 46.2. The largest absolute Gasteiger partial charge is 0.453 e. The van der Waals surface area contributed by atoms with Crippen LogP contribution < -0.4 is 10.6 Å². The Morgan fingerprint density at radius 1 is 0.603 bits per heavy atom. The van der Waals surface area contributed by atoms with Crippen LogP contribution in [0.3, 0.4) is 0 Å². The molecule has 6 aromatic carbocycles. The van der Waals surface area contributed by atoms with Crippen LogP contribution in [0, 0.1) is 11.8 Å². The van der Waals surface area contributed by atoms with Crippen molar-refractivity contribution in [1.82, 2.24) is 30.4 Å². The first-order valence-corrected chi connectivity index (χ1v) is 23.4. The van der Waals surface area contributed by atoms with Crippen LogP contribution in [0.5, 0.6) is 0 Å². The van der Waals surface area contributed by atoms with Crippen molar-refractivity contribution >= 4 is 57.2 Å². The molecule has 13 heteroatoms. The van der Waals surface area contributed by atoms with Crippen LogP contribution in [0.2, 0.25) is 0 Å². The minimum Gasteiger partial charge on any atom is -0.453 e. The van der Waals surface area contributed by atoms with Gasteiger partial charge in [-0.3, -0.25) is 14.6 Å². The Kier molecular flexibility index (Phi) is 10.1. The standard InChI is InChI=1S/C55H49N7O6/c1-67-54(65)59-49(30-9-5-3-6-10-30)52(63)61-45-26-39(45)28-47(61)44-25-38-23-36(17-19-41(38)56-44)34-14-13-33-22-35(16-15-32(33)21-34)37-18-20-42-43(24-37)58-51(57-42)48-29-40-27-46(40)62(48)53(64)50(60-55(66)68-2)31-11-7-4-8-12-31/h3-24,39-40,45-50H,25-29H2,1-2H3,(H,57,58)(H,59,65)(H,60,66)/t39-,40-,45-,46-,47+,48+,49-,50+/m1/s1. The molecule has 0 spiro atoms. The quantitative estimate of drug-likeness (QED) is 0.123. The summed E-state index contributed by atoms with van der Waals surface area (Å²) < 4.78 is 9.81. The number of aromatic amines is 1. The number of piperidine rings is 2. The highest BCUT2D eigenvalue weighted by molar-refractivity contribution is 6.02. The molecule has 1 aromatic heterocycles. The fraction of sp³-hybridized carbons (Fsp3) is 0.273. The Morgan fingerprint density at radius 2 is 1.12 bits per heavy atom. The summed E-state index contributed by atoms with van der Waals surface area (Å²) in [7, 11) is 2.61. The van der Waals surface area contributed by atoms with Crippen LogP contribution in [0.15, 0.2) is 138 Å². The second kappa shape index (κ2) is 16.5. The lowest BCUT2D eigenvalue weighted by atomic mass is 9.95. The number of benzene rings is 6. The molecule has 340 valence electrons. The van der Waals surface area contributed by atoms with Gasteiger partial charge in [-0.1, -0.05) is 97.1 Å². The molecule has 0 unspecified atom stereocenters. The van der Waals surface area contributed by atoms with E-state index < -0.39 is 24.3 Å². The Balaban J connectivity index is 0.753. The summed E-state index contributed by atoms with van der Waals surface area (Å²) >= 11 is 0. The fourth-order valence-electron chi connectivity index (χ4n) is 11.2. The maximum atomic E-state index is 14.3. The highest BCUT2D eigenvalue weighted by Crippen LogP contribution is 2.54. The van der Waals surface area contributed by atoms with E-state index in [4.69, 9.17) is 19.5 Å². The number of nitrogens with zero attached hydrogens (tertiary/aromatic N) is 4. The molecule has 0 radical (unpaired) electrons. The van der Waals surface area contributed by atoms with Crippen molar-refractivity contribution in [2.24, 2.45) is 16.8 Å². The van der Waals surface area contributed by atoms with Crippen molar-refractivity contribution in [1.29, 1.82) is 0 Å². The summed E-state index contributed by atoms with van der Waals surface area (Å²) in [6, 6.07) is 42.6. The molecule has 2 saturated heterocycles. The number of carbonyl (C=O) groups excluding carboxylic acids is 4. The third-order valence-corrected chi connectivity index (χ3v) is 14.8. The molecule has 3 N–H and O–H groups in total. The molecule has 7 aromatic rings. The van der Waals surface area contributed by atoms with Crippen molar-refractivity contribution in [3.05, 3.63) is 156 Å². The molecule has 2 aliphatic carbocycles. The minimum atomic E-state index is -0.875. The molecule has 3 aliphatic heterocycles. The lowest BCUT2D eigenvalue weighted by Crippen LogP contribution is -2.49. The number of hydrogen-bond acceptors (Lipinski definition) is 8. The van der Waals surface area contributed by atoms with Gasteiger partial charge in [0.15, 0.2) is 0 Å². The first-order chi connectivity index (χ1) is 33.2. The Labute approximate surface area is 392 Å². The van der Waals surface area contributed by atoms with Crippen LogP contribution in [0.25, 0.3) is 44.1 Å². The summed E-state index contributed by atoms with van der Waals surface area (Å²) in [6.07, 6.45) is 2.97. The number of aromatic nitrogens is 2. The van der Waals surface area contributed by atoms with Crippen molar-refractivity contribution in [2.75, 3.05) is 14.2 Å². The zero-order valence-electron chi connectivity index (χ0n) is 37.6. The van der Waals surface area contributed by atoms with Crippen LogP contribution in [-0.2, 0) is 25.5 Å². The van der Waals surface area contributed by atoms with E-state index in [2.05, 4.69) is 82.3 Å². The monoisotopic (exact) mass is 903 g/mol. The SMILES string of the molecule is COC(=O)N[C@H](C(=O)N1[C@@H]2C[C@@H]2C[C@H]1c1nc2ccc(-c3ccc4cc(-c5ccc6c(c5)CC([C@@H]5C[C@H]7C[C@H]7N5C(=O)[C@H](NC(=O)OC)c5ccccc5)=N6)ccc4c3)cc2[nH]1)c1ccccc1. The molecule has 8 atom stereocenters. The molecule has 4 fully saturated rings. The number of H-pyrrole nitrogens is 1. The van der Waals surface area contributed by atoms with Crippen LogP contribution in [0.4, 0.5) is 15.3 Å². The highest BCUT2D eigenvalue weighted by atomic mass is 16.5. The van der Waals surface area contributed by atoms with Gasteiger partial charge in [-0.15, -0.1) is 0 Å². The maximum absolute atomic E-state index is 14.3. The van der Waals surface area contributed by atoms with Gasteiger partial charge in [0.05, 0.1) is 43.0 Å². The predicted octanol–water partition coefficient (Wildman–Crippen LogP) is 9.52. The molecule has 4 amide bonds. The lowest BCUT2D eigenvalue weighted by molar-refractivity contribution is -0.136. The molecule has 5 aliphatic rings. The topological polar surface area (TPSA) is 158 Å². The fourth-order valence-corrected chi connectivity index (χ4v) is 11.2. The Morgan fingerprint density at radius 3 is 1.71 bits per heavy atom. The minimum absolute atomic E-state index is 0.112. The van der Waals surface area contributed by atoms with E-state index >= 15 is 0 Å². The average molecular weight is 904 g/mol. The first kappa shape index (κ1) is 41.6. The molecule has 0 bridgehead atoms. The average Bonchev–Trinajstić information content (AvgIpc) is 4.04. The third-order valence-electron chi connectivity index (χ3n) is 14.8. The molecular weight excluding hydrogens is 855 g/mol. The summed E-state index contributed by atoms with van der Waals surface area (Å²) in [5, 5.41) is 7.82. The Hall–Kier alpha value is -7.80. The molecule has 13 nitrogen and oxygen atoms in total. The van der Waals surface area contributed by atoms with Gasteiger partial charge in [-0.05, 0) is 124 Å². The zero-order valence-corrected chi connectivity index (χ0v) is 37.6. The number of hydrogen-bond donors (Lipinski definition) is 3. The number of carbonyl (C=O) groups is 4. The number of aliphatic imine (C=N–C) groups is 1. The van der Waals surface area contributed by atoms with Gasteiger partial charge in [0.1, 0.15) is 17.9 Å². The molecule has 2 saturated carbocycles. The number of methoxy groups -OCH3 is 2. The Bertz CT molecular complexity index is 3210. The number of rotatable bonds is 10. The van der Waals surface area contributed by atoms with Crippen molar-refractivity contribution in [3.8, 4) is 22.3 Å². The van der Waals surface area contributed by atoms with Gasteiger partial charge >= 0.3 is 12.2 Å². The number of nitrogens with one attached hydrogen (secondary N) is 3. The van der Waals surface area contributed by atoms with Gasteiger partial charge in [-0.2, -0.15) is 0 Å². The summed E-state index contributed by atoms with van der Waals surface area (Å²) in [6.45, 7) is 0. The van der Waals surface area contributed by atoms with Gasteiger partial charge in [0, 0.05) is 24.2 Å². The van der Waals surface area contributed by atoms with E-state index in [9.17, 15) is 19.2 Å². The van der Waals surface area contributed by atoms with E-state index in [1.807, 2.05) is 76.5 Å². The van der Waals surface area contributed by atoms with Crippen LogP contribution >= 0.6 is 0 Å². The number of alkyl carbamates (subject to hydrolysis) is 2. The van der Waals surface area contributed by atoms with E-state index in [1.165, 1.54) is 14.2 Å². The molecule has 12 rings (SSSR count). The van der Waals surface area contributed by atoms with E-state index in [-0.39, 0.29) is 36.0 Å². The molecular formula is C55H49N7O6. The van der Waals surface area contributed by atoms with Crippen molar-refractivity contribution in [3.63, 3.8) is 0 Å². The van der Waals surface area contributed by atoms with E-state index in [0.717, 1.165) is 98.1 Å². The van der Waals surface area contributed by atoms with Crippen LogP contribution in [-0.4, -0.2) is 81.8 Å². The normalized spacial score (nSPS) is 22.7. The van der Waals surface area contributed by atoms with Gasteiger partial charge in [-0.25, -0.2) is 14.6 Å². The third kappa shape index (κ3) is 7.42. The van der Waals surface area contributed by atoms with Crippen molar-refractivity contribution < 1.29 is 28.7 Å². The number of imidazole rings is 1. The highest BCUT2D eigenvalue weighted by Gasteiger charge is 2.57. The first-order valence-electron chi connectivity index (χ1n) is 23.4. The number of likely N-dealkylation sites (tertiary alicyclic amines) is 2. The lowest BCUT2D eigenvalue weighted by Gasteiger charge is -2.31. The second-order valence-electron chi connectivity index (χ2n) is 18.8. The maximum Gasteiger partial charge on any atom is 0.407 e. The van der Waals surface area contributed by atoms with Crippen molar-refractivity contribution in [2.45, 2.75) is 68.4 Å².